The summed E-state index contributed by atoms with van der Waals surface area (Å²) in [5, 5.41) is 0.229. The Bertz CT molecular complexity index is 462. The molecule has 0 radical (unpaired) electrons. The molecule has 2 rings (SSSR count). The van der Waals surface area contributed by atoms with E-state index in [1.807, 2.05) is 0 Å². The molecule has 0 bridgehead atoms. The second kappa shape index (κ2) is 4.95. The minimum Gasteiger partial charge on any atom is -0.543 e. The molecule has 3 heteroatoms. The van der Waals surface area contributed by atoms with E-state index in [1.54, 1.807) is 0 Å². The van der Waals surface area contributed by atoms with Gasteiger partial charge in [0.15, 0.2) is 0 Å². The molecule has 1 unspecified atom stereocenters. The summed E-state index contributed by atoms with van der Waals surface area (Å²) in [5.74, 6) is 1.08. The third-order valence-corrected chi connectivity index (χ3v) is 9.02. The predicted octanol–water partition coefficient (Wildman–Crippen LogP) is 4.41. The first-order valence-corrected chi connectivity index (χ1v) is 10.2. The highest BCUT2D eigenvalue weighted by molar-refractivity contribution is 6.74. The van der Waals surface area contributed by atoms with Crippen LogP contribution in [0.4, 0.5) is 0 Å². The Hall–Kier alpha value is -0.803. The molecule has 1 aromatic rings. The molecular weight excluding hydrogens is 250 g/mol. The Labute approximate surface area is 118 Å². The molecule has 1 aromatic carbocycles. The summed E-state index contributed by atoms with van der Waals surface area (Å²) in [6.45, 7) is 11.4. The first-order valence-electron chi connectivity index (χ1n) is 7.29. The fourth-order valence-electron chi connectivity index (χ4n) is 2.38. The highest BCUT2D eigenvalue weighted by atomic mass is 28.4. The lowest BCUT2D eigenvalue weighted by Gasteiger charge is -2.38. The molecular formula is C16H27NOSi. The predicted molar refractivity (Wildman–Crippen MR) is 84.1 cm³/mol. The van der Waals surface area contributed by atoms with E-state index in [9.17, 15) is 0 Å². The van der Waals surface area contributed by atoms with Crippen LogP contribution in [-0.2, 0) is 6.42 Å². The number of hydrogen-bond donors (Lipinski definition) is 1. The van der Waals surface area contributed by atoms with Gasteiger partial charge in [-0.2, -0.15) is 0 Å². The van der Waals surface area contributed by atoms with Crippen LogP contribution in [0.25, 0.3) is 0 Å². The number of benzene rings is 1. The fourth-order valence-corrected chi connectivity index (χ4v) is 3.42. The average molecular weight is 277 g/mol. The molecule has 106 valence electrons. The van der Waals surface area contributed by atoms with Gasteiger partial charge >= 0.3 is 0 Å². The van der Waals surface area contributed by atoms with Crippen LogP contribution in [-0.4, -0.2) is 8.32 Å². The average Bonchev–Trinajstić information content (AvgIpc) is 2.28. The van der Waals surface area contributed by atoms with E-state index >= 15 is 0 Å². The van der Waals surface area contributed by atoms with Gasteiger partial charge < -0.3 is 10.2 Å². The van der Waals surface area contributed by atoms with Crippen LogP contribution in [0.3, 0.4) is 0 Å². The molecule has 1 aliphatic carbocycles. The summed E-state index contributed by atoms with van der Waals surface area (Å²) >= 11 is 0. The van der Waals surface area contributed by atoms with Crippen LogP contribution in [0.5, 0.6) is 5.75 Å². The Balaban J connectivity index is 2.35. The van der Waals surface area contributed by atoms with E-state index in [1.165, 1.54) is 17.5 Å². The molecule has 2 nitrogen and oxygen atoms in total. The lowest BCUT2D eigenvalue weighted by atomic mass is 9.88. The maximum Gasteiger partial charge on any atom is 0.250 e. The maximum atomic E-state index is 6.50. The number of nitrogens with two attached hydrogens (primary N) is 1. The highest BCUT2D eigenvalue weighted by Crippen LogP contribution is 2.40. The van der Waals surface area contributed by atoms with E-state index in [2.05, 4.69) is 52.1 Å². The normalized spacial score (nSPS) is 20.0. The first kappa shape index (κ1) is 14.6. The van der Waals surface area contributed by atoms with Crippen molar-refractivity contribution in [3.63, 3.8) is 0 Å². The monoisotopic (exact) mass is 277 g/mol. The van der Waals surface area contributed by atoms with Gasteiger partial charge in [0.05, 0.1) is 0 Å². The fraction of sp³-hybridized carbons (Fsp3) is 0.625. The van der Waals surface area contributed by atoms with Gasteiger partial charge in [-0.3, -0.25) is 0 Å². The molecule has 0 amide bonds. The van der Waals surface area contributed by atoms with Crippen LogP contribution >= 0.6 is 0 Å². The van der Waals surface area contributed by atoms with Crippen LogP contribution in [0, 0.1) is 0 Å². The Morgan fingerprint density at radius 2 is 1.95 bits per heavy atom. The zero-order valence-corrected chi connectivity index (χ0v) is 13.9. The number of fused-ring (bicyclic) bond motifs is 1. The van der Waals surface area contributed by atoms with Gasteiger partial charge in [-0.1, -0.05) is 32.9 Å². The van der Waals surface area contributed by atoms with Crippen molar-refractivity contribution in [2.45, 2.75) is 64.2 Å². The Morgan fingerprint density at radius 1 is 1.26 bits per heavy atom. The number of rotatable bonds is 2. The summed E-state index contributed by atoms with van der Waals surface area (Å²) in [5.41, 5.74) is 8.87. The molecule has 19 heavy (non-hydrogen) atoms. The molecule has 1 aliphatic rings. The van der Waals surface area contributed by atoms with E-state index in [-0.39, 0.29) is 11.1 Å². The molecule has 0 fully saturated rings. The van der Waals surface area contributed by atoms with Crippen LogP contribution in [0.1, 0.15) is 50.8 Å². The van der Waals surface area contributed by atoms with Crippen molar-refractivity contribution in [2.24, 2.45) is 5.73 Å². The van der Waals surface area contributed by atoms with Crippen molar-refractivity contribution in [3.8, 4) is 5.75 Å². The SMILES string of the molecule is CC(C)(C)[Si](C)(C)Oc1cccc2c1CCCC2N. The second-order valence-corrected chi connectivity index (χ2v) is 11.9. The first-order chi connectivity index (χ1) is 8.72. The van der Waals surface area contributed by atoms with Crippen molar-refractivity contribution in [2.75, 3.05) is 0 Å². The quantitative estimate of drug-likeness (QED) is 0.813. The molecule has 0 saturated heterocycles. The summed E-state index contributed by atoms with van der Waals surface area (Å²) < 4.78 is 6.50. The molecule has 0 aromatic heterocycles. The molecule has 1 atom stereocenters. The van der Waals surface area contributed by atoms with E-state index in [4.69, 9.17) is 10.2 Å². The smallest absolute Gasteiger partial charge is 0.250 e. The van der Waals surface area contributed by atoms with Gasteiger partial charge in [0, 0.05) is 6.04 Å². The van der Waals surface area contributed by atoms with E-state index in [0.717, 1.165) is 18.6 Å². The molecule has 0 saturated carbocycles. The minimum atomic E-state index is -1.77. The second-order valence-electron chi connectivity index (χ2n) is 7.19. The third-order valence-electron chi connectivity index (χ3n) is 4.68. The topological polar surface area (TPSA) is 35.2 Å². The third kappa shape index (κ3) is 2.87. The largest absolute Gasteiger partial charge is 0.543 e. The summed E-state index contributed by atoms with van der Waals surface area (Å²) in [6, 6.07) is 6.56. The van der Waals surface area contributed by atoms with Gasteiger partial charge in [-0.05, 0) is 54.6 Å². The van der Waals surface area contributed by atoms with Crippen molar-refractivity contribution >= 4 is 8.32 Å². The van der Waals surface area contributed by atoms with Crippen molar-refractivity contribution in [3.05, 3.63) is 29.3 Å². The van der Waals surface area contributed by atoms with Crippen LogP contribution in [0.2, 0.25) is 18.1 Å². The highest BCUT2D eigenvalue weighted by Gasteiger charge is 2.39. The van der Waals surface area contributed by atoms with E-state index in [0.29, 0.717) is 0 Å². The summed E-state index contributed by atoms with van der Waals surface area (Å²) in [4.78, 5) is 0. The van der Waals surface area contributed by atoms with Crippen molar-refractivity contribution in [1.29, 1.82) is 0 Å². The minimum absolute atomic E-state index is 0.187. The molecule has 0 aliphatic heterocycles. The van der Waals surface area contributed by atoms with Gasteiger partial charge in [-0.15, -0.1) is 0 Å². The zero-order chi connectivity index (χ0) is 14.3. The number of hydrogen-bond acceptors (Lipinski definition) is 2. The Kier molecular flexibility index (Phi) is 3.80. The standard InChI is InChI=1S/C16H27NOSi/c1-16(2,3)19(4,5)18-15-11-7-8-12-13(15)9-6-10-14(12)17/h7-8,11,14H,6,9-10,17H2,1-5H3. The van der Waals surface area contributed by atoms with Crippen molar-refractivity contribution in [1.82, 2.24) is 0 Å². The van der Waals surface area contributed by atoms with Crippen LogP contribution < -0.4 is 10.2 Å². The van der Waals surface area contributed by atoms with E-state index < -0.39 is 8.32 Å². The maximum absolute atomic E-state index is 6.50. The molecule has 0 spiro atoms. The van der Waals surface area contributed by atoms with Gasteiger partial charge in [0.1, 0.15) is 5.75 Å². The van der Waals surface area contributed by atoms with Crippen LogP contribution in [0.15, 0.2) is 18.2 Å². The summed E-state index contributed by atoms with van der Waals surface area (Å²) in [6.07, 6.45) is 3.37. The molecule has 0 heterocycles. The van der Waals surface area contributed by atoms with Gasteiger partial charge in [-0.25, -0.2) is 0 Å². The zero-order valence-electron chi connectivity index (χ0n) is 12.9. The Morgan fingerprint density at radius 3 is 2.58 bits per heavy atom. The lowest BCUT2D eigenvalue weighted by Crippen LogP contribution is -2.44. The van der Waals surface area contributed by atoms with Gasteiger partial charge in [0.2, 0.25) is 8.32 Å². The van der Waals surface area contributed by atoms with Crippen molar-refractivity contribution < 1.29 is 4.43 Å². The molecule has 2 N–H and O–H groups in total. The lowest BCUT2D eigenvalue weighted by molar-refractivity contribution is 0.475. The van der Waals surface area contributed by atoms with Gasteiger partial charge in [0.25, 0.3) is 0 Å². The summed E-state index contributed by atoms with van der Waals surface area (Å²) in [7, 11) is -1.77.